The predicted octanol–water partition coefficient (Wildman–Crippen LogP) is 5.54. The number of nitrogens with one attached hydrogen (secondary N) is 1. The topological polar surface area (TPSA) is 55.2 Å². The molecule has 0 unspecified atom stereocenters. The van der Waals surface area contributed by atoms with Crippen LogP contribution < -0.4 is 5.32 Å². The van der Waals surface area contributed by atoms with Gasteiger partial charge < -0.3 is 5.32 Å². The molecule has 0 fully saturated rings. The van der Waals surface area contributed by atoms with E-state index in [1.54, 1.807) is 12.1 Å². The molecule has 0 aliphatic carbocycles. The van der Waals surface area contributed by atoms with E-state index in [1.165, 1.54) is 30.5 Å². The number of nitro benzene ring substituents is 1. The number of unbranched alkanes of at least 4 members (excludes halogenated alkanes) is 1. The molecule has 0 saturated heterocycles. The Labute approximate surface area is 143 Å². The minimum atomic E-state index is -0.383. The Hall–Kier alpha value is -2.62. The van der Waals surface area contributed by atoms with E-state index in [2.05, 4.69) is 37.4 Å². The molecule has 0 heterocycles. The maximum atomic E-state index is 10.7. The van der Waals surface area contributed by atoms with E-state index in [0.717, 1.165) is 29.8 Å². The van der Waals surface area contributed by atoms with Crippen molar-refractivity contribution in [2.75, 3.05) is 11.9 Å². The number of rotatable bonds is 8. The smallest absolute Gasteiger partial charge is 0.269 e. The number of anilines is 1. The summed E-state index contributed by atoms with van der Waals surface area (Å²) in [7, 11) is 0. The summed E-state index contributed by atoms with van der Waals surface area (Å²) in [6, 6.07) is 13.1. The lowest BCUT2D eigenvalue weighted by Gasteiger charge is -2.10. The Morgan fingerprint density at radius 1 is 1.08 bits per heavy atom. The molecule has 0 aromatic heterocycles. The zero-order chi connectivity index (χ0) is 17.4. The average molecular weight is 324 g/mol. The normalized spacial score (nSPS) is 10.9. The van der Waals surface area contributed by atoms with Gasteiger partial charge in [0, 0.05) is 24.4 Å². The van der Waals surface area contributed by atoms with E-state index in [4.69, 9.17) is 0 Å². The molecule has 0 saturated carbocycles. The van der Waals surface area contributed by atoms with E-state index in [0.29, 0.717) is 0 Å². The van der Waals surface area contributed by atoms with Crippen molar-refractivity contribution in [1.29, 1.82) is 0 Å². The number of non-ortho nitro benzene ring substituents is 1. The molecule has 24 heavy (non-hydrogen) atoms. The number of nitro groups is 1. The van der Waals surface area contributed by atoms with Gasteiger partial charge in [-0.1, -0.05) is 37.6 Å². The van der Waals surface area contributed by atoms with Crippen LogP contribution in [0.5, 0.6) is 0 Å². The molecule has 0 radical (unpaired) electrons. The van der Waals surface area contributed by atoms with Crippen LogP contribution in [-0.2, 0) is 6.42 Å². The summed E-state index contributed by atoms with van der Waals surface area (Å²) in [6.45, 7) is 5.16. The fourth-order valence-corrected chi connectivity index (χ4v) is 2.52. The molecule has 2 aromatic rings. The van der Waals surface area contributed by atoms with Crippen LogP contribution in [0.25, 0.3) is 12.2 Å². The molecule has 0 aliphatic rings. The number of hydrogen-bond donors (Lipinski definition) is 1. The van der Waals surface area contributed by atoms with E-state index in [1.807, 2.05) is 12.2 Å². The molecule has 0 atom stereocenters. The molecule has 0 amide bonds. The first kappa shape index (κ1) is 17.7. The van der Waals surface area contributed by atoms with Crippen molar-refractivity contribution >= 4 is 23.5 Å². The molecule has 0 aliphatic heterocycles. The van der Waals surface area contributed by atoms with Crippen molar-refractivity contribution in [3.8, 4) is 0 Å². The Morgan fingerprint density at radius 3 is 2.46 bits per heavy atom. The largest absolute Gasteiger partial charge is 0.385 e. The van der Waals surface area contributed by atoms with E-state index in [-0.39, 0.29) is 10.6 Å². The van der Waals surface area contributed by atoms with Crippen LogP contribution in [0.2, 0.25) is 0 Å². The quantitative estimate of drug-likeness (QED) is 0.394. The SMILES string of the molecule is CCCCc1ccc(C=Cc2ccc([N+](=O)[O-])cc2)c(NCC)c1. The zero-order valence-electron chi connectivity index (χ0n) is 14.3. The summed E-state index contributed by atoms with van der Waals surface area (Å²) in [5.41, 5.74) is 4.65. The lowest BCUT2D eigenvalue weighted by atomic mass is 10.0. The second-order valence-electron chi connectivity index (χ2n) is 5.74. The maximum Gasteiger partial charge on any atom is 0.269 e. The molecule has 4 nitrogen and oxygen atoms in total. The summed E-state index contributed by atoms with van der Waals surface area (Å²) in [4.78, 5) is 10.3. The number of benzene rings is 2. The highest BCUT2D eigenvalue weighted by Crippen LogP contribution is 2.22. The Bertz CT molecular complexity index is 706. The minimum Gasteiger partial charge on any atom is -0.385 e. The van der Waals surface area contributed by atoms with Crippen molar-refractivity contribution in [3.63, 3.8) is 0 Å². The van der Waals surface area contributed by atoms with Gasteiger partial charge in [0.15, 0.2) is 0 Å². The van der Waals surface area contributed by atoms with Gasteiger partial charge in [-0.05, 0) is 54.7 Å². The van der Waals surface area contributed by atoms with Crippen LogP contribution in [0.15, 0.2) is 42.5 Å². The number of hydrogen-bond acceptors (Lipinski definition) is 3. The third-order valence-corrected chi connectivity index (χ3v) is 3.86. The van der Waals surface area contributed by atoms with Crippen molar-refractivity contribution in [3.05, 3.63) is 69.3 Å². The van der Waals surface area contributed by atoms with Gasteiger partial charge >= 0.3 is 0 Å². The first-order chi connectivity index (χ1) is 11.6. The summed E-state index contributed by atoms with van der Waals surface area (Å²) >= 11 is 0. The van der Waals surface area contributed by atoms with Gasteiger partial charge in [-0.3, -0.25) is 10.1 Å². The van der Waals surface area contributed by atoms with Gasteiger partial charge in [-0.25, -0.2) is 0 Å². The van der Waals surface area contributed by atoms with Crippen LogP contribution in [0.1, 0.15) is 43.4 Å². The molecular formula is C20H24N2O2. The summed E-state index contributed by atoms with van der Waals surface area (Å²) < 4.78 is 0. The monoisotopic (exact) mass is 324 g/mol. The van der Waals surface area contributed by atoms with Gasteiger partial charge in [0.1, 0.15) is 0 Å². The zero-order valence-corrected chi connectivity index (χ0v) is 14.3. The fraction of sp³-hybridized carbons (Fsp3) is 0.300. The highest BCUT2D eigenvalue weighted by molar-refractivity contribution is 5.77. The van der Waals surface area contributed by atoms with E-state index < -0.39 is 0 Å². The van der Waals surface area contributed by atoms with Gasteiger partial charge in [-0.2, -0.15) is 0 Å². The molecular weight excluding hydrogens is 300 g/mol. The van der Waals surface area contributed by atoms with E-state index in [9.17, 15) is 10.1 Å². The van der Waals surface area contributed by atoms with Gasteiger partial charge in [0.25, 0.3) is 5.69 Å². The summed E-state index contributed by atoms with van der Waals surface area (Å²) in [5.74, 6) is 0. The number of aryl methyl sites for hydroxylation is 1. The molecule has 0 spiro atoms. The first-order valence-corrected chi connectivity index (χ1v) is 8.43. The molecule has 4 heteroatoms. The van der Waals surface area contributed by atoms with Crippen LogP contribution >= 0.6 is 0 Å². The third kappa shape index (κ3) is 4.95. The highest BCUT2D eigenvalue weighted by atomic mass is 16.6. The van der Waals surface area contributed by atoms with Gasteiger partial charge in [0.05, 0.1) is 4.92 Å². The number of nitrogens with zero attached hydrogens (tertiary/aromatic N) is 1. The molecule has 126 valence electrons. The Kier molecular flexibility index (Phi) is 6.55. The second kappa shape index (κ2) is 8.87. The lowest BCUT2D eigenvalue weighted by Crippen LogP contribution is -2.00. The molecule has 0 bridgehead atoms. The van der Waals surface area contributed by atoms with Crippen LogP contribution in [0.3, 0.4) is 0 Å². The predicted molar refractivity (Wildman–Crippen MR) is 101 cm³/mol. The second-order valence-corrected chi connectivity index (χ2v) is 5.74. The van der Waals surface area contributed by atoms with Gasteiger partial charge in [-0.15, -0.1) is 0 Å². The lowest BCUT2D eigenvalue weighted by molar-refractivity contribution is -0.384. The molecule has 1 N–H and O–H groups in total. The molecule has 2 rings (SSSR count). The Balaban J connectivity index is 2.18. The van der Waals surface area contributed by atoms with Gasteiger partial charge in [0.2, 0.25) is 0 Å². The average Bonchev–Trinajstić information content (AvgIpc) is 2.59. The summed E-state index contributed by atoms with van der Waals surface area (Å²) in [5, 5.41) is 14.1. The van der Waals surface area contributed by atoms with Crippen molar-refractivity contribution < 1.29 is 4.92 Å². The highest BCUT2D eigenvalue weighted by Gasteiger charge is 2.04. The van der Waals surface area contributed by atoms with Crippen LogP contribution in [-0.4, -0.2) is 11.5 Å². The third-order valence-electron chi connectivity index (χ3n) is 3.86. The Morgan fingerprint density at radius 2 is 1.83 bits per heavy atom. The minimum absolute atomic E-state index is 0.112. The first-order valence-electron chi connectivity index (χ1n) is 8.43. The fourth-order valence-electron chi connectivity index (χ4n) is 2.52. The van der Waals surface area contributed by atoms with Crippen molar-refractivity contribution in [2.24, 2.45) is 0 Å². The standard InChI is InChI=1S/C20H24N2O2/c1-3-5-6-17-8-12-18(20(15-17)21-4-2)11-7-16-9-13-19(14-10-16)22(23)24/h7-15,21H,3-6H2,1-2H3. The van der Waals surface area contributed by atoms with Crippen LogP contribution in [0, 0.1) is 10.1 Å². The molecule has 2 aromatic carbocycles. The van der Waals surface area contributed by atoms with E-state index >= 15 is 0 Å². The van der Waals surface area contributed by atoms with Crippen molar-refractivity contribution in [2.45, 2.75) is 33.1 Å². The van der Waals surface area contributed by atoms with Crippen molar-refractivity contribution in [1.82, 2.24) is 0 Å². The summed E-state index contributed by atoms with van der Waals surface area (Å²) in [6.07, 6.45) is 7.51. The maximum absolute atomic E-state index is 10.7. The van der Waals surface area contributed by atoms with Crippen LogP contribution in [0.4, 0.5) is 11.4 Å².